The lowest BCUT2D eigenvalue weighted by atomic mass is 10.1. The summed E-state index contributed by atoms with van der Waals surface area (Å²) in [5, 5.41) is 15.9. The fraction of sp³-hybridized carbons (Fsp3) is 0.176. The molecular weight excluding hydrogens is 428 g/mol. The first kappa shape index (κ1) is 22.3. The Morgan fingerprint density at radius 1 is 1.03 bits per heavy atom. The first-order valence-corrected chi connectivity index (χ1v) is 8.12. The van der Waals surface area contributed by atoms with Gasteiger partial charge in [0, 0.05) is 17.3 Å². The van der Waals surface area contributed by atoms with E-state index in [0.717, 1.165) is 0 Å². The van der Waals surface area contributed by atoms with Crippen LogP contribution in [0.1, 0.15) is 16.7 Å². The molecule has 0 amide bonds. The summed E-state index contributed by atoms with van der Waals surface area (Å²) in [5.41, 5.74) is -3.15. The van der Waals surface area contributed by atoms with E-state index in [4.69, 9.17) is 11.6 Å². The van der Waals surface area contributed by atoms with Crippen molar-refractivity contribution in [3.63, 3.8) is 0 Å². The third-order valence-electron chi connectivity index (χ3n) is 3.47. The highest BCUT2D eigenvalue weighted by Gasteiger charge is 2.37. The largest absolute Gasteiger partial charge is 0.416 e. The maximum atomic E-state index is 12.9. The zero-order valence-electron chi connectivity index (χ0n) is 14.2. The number of nitrogens with zero attached hydrogens (tertiary/aromatic N) is 1. The Morgan fingerprint density at radius 2 is 1.62 bits per heavy atom. The molecule has 0 aliphatic carbocycles. The Labute approximate surface area is 165 Å². The van der Waals surface area contributed by atoms with E-state index < -0.39 is 39.9 Å². The number of nitro groups is 1. The van der Waals surface area contributed by atoms with Crippen molar-refractivity contribution in [2.45, 2.75) is 18.9 Å². The SMILES string of the molecule is O=[N+]([O-])/C=C(\NCc1cccc(Cl)c1)Nc1cc(C(F)(F)F)cc(C(F)(F)F)c1. The molecule has 5 nitrogen and oxygen atoms in total. The molecule has 0 aliphatic rings. The molecule has 0 heterocycles. The van der Waals surface area contributed by atoms with Crippen molar-refractivity contribution in [3.8, 4) is 0 Å². The van der Waals surface area contributed by atoms with Crippen LogP contribution >= 0.6 is 11.6 Å². The van der Waals surface area contributed by atoms with Gasteiger partial charge in [0.25, 0.3) is 6.20 Å². The maximum absolute atomic E-state index is 12.9. The van der Waals surface area contributed by atoms with Crippen LogP contribution < -0.4 is 10.6 Å². The zero-order chi connectivity index (χ0) is 21.8. The van der Waals surface area contributed by atoms with Crippen molar-refractivity contribution >= 4 is 17.3 Å². The van der Waals surface area contributed by atoms with Crippen LogP contribution in [-0.2, 0) is 18.9 Å². The maximum Gasteiger partial charge on any atom is 0.416 e. The number of halogens is 7. The Hall–Kier alpha value is -2.95. The average molecular weight is 440 g/mol. The zero-order valence-corrected chi connectivity index (χ0v) is 15.0. The molecule has 0 saturated heterocycles. The lowest BCUT2D eigenvalue weighted by Gasteiger charge is -2.16. The lowest BCUT2D eigenvalue weighted by Crippen LogP contribution is -2.21. The van der Waals surface area contributed by atoms with Crippen LogP contribution in [0.25, 0.3) is 0 Å². The summed E-state index contributed by atoms with van der Waals surface area (Å²) in [6.07, 6.45) is -9.70. The van der Waals surface area contributed by atoms with Gasteiger partial charge in [-0.2, -0.15) is 26.3 Å². The van der Waals surface area contributed by atoms with Gasteiger partial charge in [-0.15, -0.1) is 0 Å². The number of rotatable bonds is 6. The molecule has 0 saturated carbocycles. The Bertz CT molecular complexity index is 896. The third kappa shape index (κ3) is 6.86. The van der Waals surface area contributed by atoms with Gasteiger partial charge in [0.05, 0.1) is 16.1 Å². The molecular formula is C17H12ClF6N3O2. The van der Waals surface area contributed by atoms with Crippen molar-refractivity contribution < 1.29 is 31.3 Å². The molecule has 2 N–H and O–H groups in total. The van der Waals surface area contributed by atoms with Gasteiger partial charge < -0.3 is 10.6 Å². The fourth-order valence-electron chi connectivity index (χ4n) is 2.25. The second-order valence-corrected chi connectivity index (χ2v) is 6.17. The summed E-state index contributed by atoms with van der Waals surface area (Å²) in [4.78, 5) is 9.87. The van der Waals surface area contributed by atoms with E-state index in [1.54, 1.807) is 18.2 Å². The van der Waals surface area contributed by atoms with Crippen LogP contribution in [0, 0.1) is 10.1 Å². The molecule has 0 aromatic heterocycles. The predicted octanol–water partition coefficient (Wildman–Crippen LogP) is 5.65. The second kappa shape index (κ2) is 8.60. The normalized spacial score (nSPS) is 12.6. The molecule has 2 aromatic rings. The first-order valence-electron chi connectivity index (χ1n) is 7.75. The highest BCUT2D eigenvalue weighted by atomic mass is 35.5. The van der Waals surface area contributed by atoms with Crippen LogP contribution in [0.3, 0.4) is 0 Å². The molecule has 0 fully saturated rings. The van der Waals surface area contributed by atoms with E-state index in [1.165, 1.54) is 6.07 Å². The van der Waals surface area contributed by atoms with E-state index in [-0.39, 0.29) is 12.6 Å². The summed E-state index contributed by atoms with van der Waals surface area (Å²) in [7, 11) is 0. The van der Waals surface area contributed by atoms with Crippen molar-refractivity contribution in [2.75, 3.05) is 5.32 Å². The number of nitrogens with one attached hydrogen (secondary N) is 2. The molecule has 0 spiro atoms. The van der Waals surface area contributed by atoms with Gasteiger partial charge >= 0.3 is 12.4 Å². The molecule has 0 atom stereocenters. The minimum atomic E-state index is -5.04. The summed E-state index contributed by atoms with van der Waals surface area (Å²) in [6.45, 7) is -0.0294. The van der Waals surface area contributed by atoms with Crippen LogP contribution in [-0.4, -0.2) is 4.92 Å². The van der Waals surface area contributed by atoms with Gasteiger partial charge in [-0.05, 0) is 35.9 Å². The highest BCUT2D eigenvalue weighted by Crippen LogP contribution is 2.37. The molecule has 0 radical (unpaired) electrons. The van der Waals surface area contributed by atoms with Crippen LogP contribution in [0.5, 0.6) is 0 Å². The Balaban J connectivity index is 2.33. The minimum absolute atomic E-state index is 0.0294. The average Bonchev–Trinajstić information content (AvgIpc) is 2.57. The summed E-state index contributed by atoms with van der Waals surface area (Å²) >= 11 is 5.82. The number of anilines is 1. The van der Waals surface area contributed by atoms with Gasteiger partial charge in [0.1, 0.15) is 0 Å². The summed E-state index contributed by atoms with van der Waals surface area (Å²) in [6, 6.07) is 7.14. The van der Waals surface area contributed by atoms with E-state index in [0.29, 0.717) is 28.9 Å². The molecule has 0 bridgehead atoms. The van der Waals surface area contributed by atoms with E-state index >= 15 is 0 Å². The standard InChI is InChI=1S/C17H12ClF6N3O2/c18-13-3-1-2-10(4-13)8-25-15(9-27(28)29)26-14-6-11(16(19,20)21)5-12(7-14)17(22,23)24/h1-7,9,25-26H,8H2/b15-9+. The van der Waals surface area contributed by atoms with Crippen molar-refractivity contribution in [1.29, 1.82) is 0 Å². The van der Waals surface area contributed by atoms with Crippen molar-refractivity contribution in [3.05, 3.63) is 86.3 Å². The van der Waals surface area contributed by atoms with E-state index in [1.807, 2.05) is 0 Å². The highest BCUT2D eigenvalue weighted by molar-refractivity contribution is 6.30. The van der Waals surface area contributed by atoms with Gasteiger partial charge in [0.2, 0.25) is 0 Å². The molecule has 2 aromatic carbocycles. The van der Waals surface area contributed by atoms with Crippen LogP contribution in [0.2, 0.25) is 5.02 Å². The lowest BCUT2D eigenvalue weighted by molar-refractivity contribution is -0.403. The van der Waals surface area contributed by atoms with Gasteiger partial charge in [0.15, 0.2) is 5.82 Å². The third-order valence-corrected chi connectivity index (χ3v) is 3.71. The Kier molecular flexibility index (Phi) is 6.62. The summed E-state index contributed by atoms with van der Waals surface area (Å²) in [5.74, 6) is -0.414. The van der Waals surface area contributed by atoms with Crippen molar-refractivity contribution in [2.24, 2.45) is 0 Å². The molecule has 0 unspecified atom stereocenters. The van der Waals surface area contributed by atoms with Gasteiger partial charge in [-0.25, -0.2) is 0 Å². The van der Waals surface area contributed by atoms with Gasteiger partial charge in [-0.1, -0.05) is 23.7 Å². The minimum Gasteiger partial charge on any atom is -0.362 e. The smallest absolute Gasteiger partial charge is 0.362 e. The molecule has 12 heteroatoms. The molecule has 156 valence electrons. The number of alkyl halides is 6. The fourth-order valence-corrected chi connectivity index (χ4v) is 2.47. The number of benzene rings is 2. The van der Waals surface area contributed by atoms with E-state index in [2.05, 4.69) is 10.6 Å². The predicted molar refractivity (Wildman–Crippen MR) is 93.4 cm³/mol. The second-order valence-electron chi connectivity index (χ2n) is 5.73. The van der Waals surface area contributed by atoms with Crippen LogP contribution in [0.4, 0.5) is 32.0 Å². The number of hydrogen-bond donors (Lipinski definition) is 2. The molecule has 29 heavy (non-hydrogen) atoms. The number of hydrogen-bond acceptors (Lipinski definition) is 4. The van der Waals surface area contributed by atoms with Crippen molar-refractivity contribution in [1.82, 2.24) is 5.32 Å². The molecule has 0 aliphatic heterocycles. The quantitative estimate of drug-likeness (QED) is 0.346. The van der Waals surface area contributed by atoms with E-state index in [9.17, 15) is 36.5 Å². The first-order chi connectivity index (χ1) is 13.3. The van der Waals surface area contributed by atoms with Gasteiger partial charge in [-0.3, -0.25) is 10.1 Å². The topological polar surface area (TPSA) is 67.2 Å². The summed E-state index contributed by atoms with van der Waals surface area (Å²) < 4.78 is 77.7. The van der Waals surface area contributed by atoms with Crippen LogP contribution in [0.15, 0.2) is 54.5 Å². The molecule has 2 rings (SSSR count). The monoisotopic (exact) mass is 439 g/mol. The Morgan fingerprint density at radius 3 is 2.10 bits per heavy atom.